The first-order valence-corrected chi connectivity index (χ1v) is 7.60. The average molecular weight is 304 g/mol. The number of hydrogen-bond donors (Lipinski definition) is 1. The van der Waals surface area contributed by atoms with Crippen LogP contribution in [-0.2, 0) is 6.42 Å². The van der Waals surface area contributed by atoms with Crippen LogP contribution in [-0.4, -0.2) is 49.2 Å². The number of carbonyl (C=O) groups excluding carboxylic acids is 1. The minimum absolute atomic E-state index is 0.0917. The third kappa shape index (κ3) is 3.15. The van der Waals surface area contributed by atoms with E-state index in [4.69, 9.17) is 4.52 Å². The number of aromatic amines is 1. The van der Waals surface area contributed by atoms with E-state index in [9.17, 15) is 4.79 Å². The number of hydrogen-bond acceptors (Lipinski definition) is 6. The van der Waals surface area contributed by atoms with Crippen molar-refractivity contribution >= 4 is 5.91 Å². The van der Waals surface area contributed by atoms with Crippen LogP contribution in [0.3, 0.4) is 0 Å². The Morgan fingerprint density at radius 1 is 1.55 bits per heavy atom. The molecule has 0 aromatic carbocycles. The molecule has 0 radical (unpaired) electrons. The van der Waals surface area contributed by atoms with E-state index in [1.54, 1.807) is 4.90 Å². The second kappa shape index (κ2) is 6.25. The molecule has 8 heteroatoms. The van der Waals surface area contributed by atoms with E-state index >= 15 is 0 Å². The van der Waals surface area contributed by atoms with Gasteiger partial charge in [-0.1, -0.05) is 19.0 Å². The number of likely N-dealkylation sites (tertiary alicyclic amines) is 1. The van der Waals surface area contributed by atoms with Gasteiger partial charge in [-0.25, -0.2) is 4.98 Å². The van der Waals surface area contributed by atoms with Crippen LogP contribution in [0.15, 0.2) is 10.9 Å². The van der Waals surface area contributed by atoms with Gasteiger partial charge in [0.05, 0.1) is 5.92 Å². The highest BCUT2D eigenvalue weighted by molar-refractivity contribution is 5.90. The van der Waals surface area contributed by atoms with Gasteiger partial charge < -0.3 is 9.42 Å². The van der Waals surface area contributed by atoms with Crippen LogP contribution in [0.4, 0.5) is 0 Å². The minimum Gasteiger partial charge on any atom is -0.339 e. The van der Waals surface area contributed by atoms with Crippen molar-refractivity contribution in [3.05, 3.63) is 23.9 Å². The van der Waals surface area contributed by atoms with Gasteiger partial charge in [-0.05, 0) is 18.8 Å². The number of nitrogens with zero attached hydrogens (tertiary/aromatic N) is 5. The van der Waals surface area contributed by atoms with Gasteiger partial charge in [0.2, 0.25) is 11.7 Å². The van der Waals surface area contributed by atoms with Crippen molar-refractivity contribution < 1.29 is 9.32 Å². The van der Waals surface area contributed by atoms with Crippen LogP contribution < -0.4 is 0 Å². The summed E-state index contributed by atoms with van der Waals surface area (Å²) in [5.74, 6) is 2.08. The van der Waals surface area contributed by atoms with Gasteiger partial charge in [0, 0.05) is 19.5 Å². The van der Waals surface area contributed by atoms with Crippen molar-refractivity contribution in [3.63, 3.8) is 0 Å². The summed E-state index contributed by atoms with van der Waals surface area (Å²) in [5, 5.41) is 10.4. The maximum Gasteiger partial charge on any atom is 0.291 e. The summed E-state index contributed by atoms with van der Waals surface area (Å²) in [5.41, 5.74) is 0. The number of carbonyl (C=O) groups is 1. The summed E-state index contributed by atoms with van der Waals surface area (Å²) >= 11 is 0. The van der Waals surface area contributed by atoms with Crippen LogP contribution in [0.25, 0.3) is 0 Å². The second-order valence-electron chi connectivity index (χ2n) is 6.07. The topological polar surface area (TPSA) is 101 Å². The van der Waals surface area contributed by atoms with E-state index in [0.29, 0.717) is 24.9 Å². The Hall–Kier alpha value is -2.25. The molecule has 3 rings (SSSR count). The van der Waals surface area contributed by atoms with Gasteiger partial charge in [0.1, 0.15) is 6.33 Å². The summed E-state index contributed by atoms with van der Waals surface area (Å²) in [4.78, 5) is 22.5. The maximum atomic E-state index is 12.3. The van der Waals surface area contributed by atoms with Crippen LogP contribution in [0.1, 0.15) is 54.9 Å². The van der Waals surface area contributed by atoms with Gasteiger partial charge in [-0.2, -0.15) is 10.1 Å². The van der Waals surface area contributed by atoms with Crippen molar-refractivity contribution in [1.82, 2.24) is 30.2 Å². The number of nitrogens with one attached hydrogen (secondary N) is 1. The molecule has 1 aliphatic heterocycles. The molecule has 0 bridgehead atoms. The van der Waals surface area contributed by atoms with E-state index in [0.717, 1.165) is 25.1 Å². The average Bonchev–Trinajstić information content (AvgIpc) is 3.17. The predicted octanol–water partition coefficient (Wildman–Crippen LogP) is 1.41. The zero-order valence-corrected chi connectivity index (χ0v) is 12.8. The lowest BCUT2D eigenvalue weighted by Gasteiger charge is -2.30. The molecule has 0 saturated carbocycles. The molecule has 1 N–H and O–H groups in total. The number of H-pyrrole nitrogens is 1. The fourth-order valence-corrected chi connectivity index (χ4v) is 2.70. The molecular weight excluding hydrogens is 284 g/mol. The van der Waals surface area contributed by atoms with Gasteiger partial charge in [0.25, 0.3) is 5.91 Å². The maximum absolute atomic E-state index is 12.3. The standard InChI is InChI=1S/C14H20N6O2/c1-9(2)6-11-17-13(22-19-11)10-4-3-5-20(7-10)14(21)12-15-8-16-18-12/h8-10H,3-7H2,1-2H3,(H,15,16,18)/t10-/m1/s1. The summed E-state index contributed by atoms with van der Waals surface area (Å²) in [6.45, 7) is 5.52. The Labute approximate surface area is 128 Å². The first kappa shape index (κ1) is 14.7. The smallest absolute Gasteiger partial charge is 0.291 e. The first-order valence-electron chi connectivity index (χ1n) is 7.60. The Balaban J connectivity index is 1.67. The Kier molecular flexibility index (Phi) is 4.17. The first-order chi connectivity index (χ1) is 10.6. The highest BCUT2D eigenvalue weighted by Gasteiger charge is 2.30. The summed E-state index contributed by atoms with van der Waals surface area (Å²) < 4.78 is 5.39. The van der Waals surface area contributed by atoms with Gasteiger partial charge in [-0.3, -0.25) is 9.89 Å². The Morgan fingerprint density at radius 2 is 2.41 bits per heavy atom. The lowest BCUT2D eigenvalue weighted by Crippen LogP contribution is -2.39. The fourth-order valence-electron chi connectivity index (χ4n) is 2.70. The molecule has 1 amide bonds. The Bertz CT molecular complexity index is 621. The number of rotatable bonds is 4. The third-order valence-electron chi connectivity index (χ3n) is 3.75. The predicted molar refractivity (Wildman–Crippen MR) is 77.1 cm³/mol. The van der Waals surface area contributed by atoms with E-state index in [-0.39, 0.29) is 17.6 Å². The quantitative estimate of drug-likeness (QED) is 0.916. The normalized spacial score (nSPS) is 18.9. The highest BCUT2D eigenvalue weighted by Crippen LogP contribution is 2.26. The van der Waals surface area contributed by atoms with Crippen LogP contribution in [0.2, 0.25) is 0 Å². The zero-order chi connectivity index (χ0) is 15.5. The number of piperidine rings is 1. The molecule has 0 spiro atoms. The van der Waals surface area contributed by atoms with Crippen molar-refractivity contribution in [1.29, 1.82) is 0 Å². The molecular formula is C14H20N6O2. The van der Waals surface area contributed by atoms with Crippen molar-refractivity contribution in [3.8, 4) is 0 Å². The molecule has 8 nitrogen and oxygen atoms in total. The monoisotopic (exact) mass is 304 g/mol. The van der Waals surface area contributed by atoms with Crippen LogP contribution in [0.5, 0.6) is 0 Å². The molecule has 1 saturated heterocycles. The molecule has 22 heavy (non-hydrogen) atoms. The zero-order valence-electron chi connectivity index (χ0n) is 12.8. The van der Waals surface area contributed by atoms with E-state index in [1.807, 2.05) is 0 Å². The highest BCUT2D eigenvalue weighted by atomic mass is 16.5. The minimum atomic E-state index is -0.135. The molecule has 1 aliphatic rings. The lowest BCUT2D eigenvalue weighted by atomic mass is 9.98. The summed E-state index contributed by atoms with van der Waals surface area (Å²) in [6, 6.07) is 0. The second-order valence-corrected chi connectivity index (χ2v) is 6.07. The molecule has 3 heterocycles. The largest absolute Gasteiger partial charge is 0.339 e. The molecule has 2 aromatic heterocycles. The van der Waals surface area contributed by atoms with E-state index < -0.39 is 0 Å². The van der Waals surface area contributed by atoms with Gasteiger partial charge >= 0.3 is 0 Å². The third-order valence-corrected chi connectivity index (χ3v) is 3.75. The lowest BCUT2D eigenvalue weighted by molar-refractivity contribution is 0.0683. The van der Waals surface area contributed by atoms with Crippen molar-refractivity contribution in [2.45, 2.75) is 39.0 Å². The fraction of sp³-hybridized carbons (Fsp3) is 0.643. The molecule has 2 aromatic rings. The van der Waals surface area contributed by atoms with Crippen LogP contribution in [0, 0.1) is 5.92 Å². The summed E-state index contributed by atoms with van der Waals surface area (Å²) in [7, 11) is 0. The SMILES string of the molecule is CC(C)Cc1noc([C@@H]2CCCN(C(=O)c3ncn[nH]3)C2)n1. The molecule has 118 valence electrons. The van der Waals surface area contributed by atoms with Crippen LogP contribution >= 0.6 is 0 Å². The van der Waals surface area contributed by atoms with E-state index in [1.165, 1.54) is 6.33 Å². The number of aromatic nitrogens is 5. The molecule has 1 fully saturated rings. The molecule has 1 atom stereocenters. The summed E-state index contributed by atoms with van der Waals surface area (Å²) in [6.07, 6.45) is 4.00. The van der Waals surface area contributed by atoms with E-state index in [2.05, 4.69) is 39.2 Å². The van der Waals surface area contributed by atoms with Crippen molar-refractivity contribution in [2.24, 2.45) is 5.92 Å². The van der Waals surface area contributed by atoms with Crippen molar-refractivity contribution in [2.75, 3.05) is 13.1 Å². The Morgan fingerprint density at radius 3 is 3.14 bits per heavy atom. The molecule has 0 aliphatic carbocycles. The number of amides is 1. The van der Waals surface area contributed by atoms with Gasteiger partial charge in [0.15, 0.2) is 5.82 Å². The molecule has 0 unspecified atom stereocenters. The van der Waals surface area contributed by atoms with Gasteiger partial charge in [-0.15, -0.1) is 0 Å².